The molecular formula is C19H26N2O2. The van der Waals surface area contributed by atoms with Gasteiger partial charge in [-0.3, -0.25) is 4.79 Å². The number of nitrogens with zero attached hydrogens (tertiary/aromatic N) is 1. The molecule has 124 valence electrons. The zero-order valence-corrected chi connectivity index (χ0v) is 13.9. The maximum absolute atomic E-state index is 12.6. The number of ether oxygens (including phenoxy) is 1. The number of aryl methyl sites for hydroxylation is 1. The minimum atomic E-state index is 0.155. The Morgan fingerprint density at radius 1 is 1.30 bits per heavy atom. The highest BCUT2D eigenvalue weighted by Crippen LogP contribution is 2.33. The Bertz CT molecular complexity index is 606. The van der Waals surface area contributed by atoms with Crippen molar-refractivity contribution < 1.29 is 9.53 Å². The van der Waals surface area contributed by atoms with Gasteiger partial charge in [0.15, 0.2) is 0 Å². The number of benzene rings is 1. The lowest BCUT2D eigenvalue weighted by molar-refractivity contribution is -0.122. The topological polar surface area (TPSA) is 41.6 Å². The van der Waals surface area contributed by atoms with Gasteiger partial charge in [0.05, 0.1) is 13.5 Å². The van der Waals surface area contributed by atoms with Crippen molar-refractivity contribution >= 4 is 5.91 Å². The molecule has 0 spiro atoms. The van der Waals surface area contributed by atoms with Crippen LogP contribution >= 0.6 is 0 Å². The number of hydrogen-bond donors (Lipinski definition) is 1. The number of amides is 1. The van der Waals surface area contributed by atoms with E-state index in [1.54, 1.807) is 7.11 Å². The van der Waals surface area contributed by atoms with Crippen LogP contribution in [0, 0.1) is 5.92 Å². The van der Waals surface area contributed by atoms with Crippen molar-refractivity contribution in [1.82, 2.24) is 10.2 Å². The van der Waals surface area contributed by atoms with Gasteiger partial charge in [-0.2, -0.15) is 0 Å². The van der Waals surface area contributed by atoms with E-state index in [9.17, 15) is 4.79 Å². The minimum absolute atomic E-state index is 0.155. The molecule has 1 aromatic carbocycles. The molecule has 0 radical (unpaired) electrons. The highest BCUT2D eigenvalue weighted by Gasteiger charge is 2.35. The van der Waals surface area contributed by atoms with Crippen molar-refractivity contribution in [1.29, 1.82) is 0 Å². The molecule has 1 aromatic rings. The molecule has 4 nitrogen and oxygen atoms in total. The SMILES string of the molecule is COc1ccc2c(c1CC(=O)NC1CN3CCC1CC3)CCC2. The Kier molecular flexibility index (Phi) is 4.02. The number of methoxy groups -OCH3 is 1. The van der Waals surface area contributed by atoms with Gasteiger partial charge in [-0.25, -0.2) is 0 Å². The Morgan fingerprint density at radius 3 is 2.83 bits per heavy atom. The normalized spacial score (nSPS) is 28.5. The Morgan fingerprint density at radius 2 is 2.13 bits per heavy atom. The lowest BCUT2D eigenvalue weighted by Gasteiger charge is -2.45. The molecule has 1 unspecified atom stereocenters. The van der Waals surface area contributed by atoms with Crippen LogP contribution in [0.25, 0.3) is 0 Å². The molecule has 23 heavy (non-hydrogen) atoms. The van der Waals surface area contributed by atoms with E-state index in [1.807, 2.05) is 6.07 Å². The maximum Gasteiger partial charge on any atom is 0.224 e. The summed E-state index contributed by atoms with van der Waals surface area (Å²) < 4.78 is 5.52. The van der Waals surface area contributed by atoms with Crippen LogP contribution in [0.4, 0.5) is 0 Å². The predicted octanol–water partition coefficient (Wildman–Crippen LogP) is 1.94. The van der Waals surface area contributed by atoms with Crippen LogP contribution < -0.4 is 10.1 Å². The second-order valence-corrected chi connectivity index (χ2v) is 7.23. The summed E-state index contributed by atoms with van der Waals surface area (Å²) >= 11 is 0. The van der Waals surface area contributed by atoms with Gasteiger partial charge < -0.3 is 15.0 Å². The Balaban J connectivity index is 1.48. The lowest BCUT2D eigenvalue weighted by Crippen LogP contribution is -2.57. The molecule has 1 amide bonds. The van der Waals surface area contributed by atoms with Crippen LogP contribution in [-0.2, 0) is 24.1 Å². The average Bonchev–Trinajstić information content (AvgIpc) is 3.05. The van der Waals surface area contributed by atoms with Crippen molar-refractivity contribution in [2.45, 2.75) is 44.6 Å². The maximum atomic E-state index is 12.6. The summed E-state index contributed by atoms with van der Waals surface area (Å²) in [5, 5.41) is 3.31. The second kappa shape index (κ2) is 6.16. The highest BCUT2D eigenvalue weighted by atomic mass is 16.5. The van der Waals surface area contributed by atoms with E-state index >= 15 is 0 Å². The first-order valence-corrected chi connectivity index (χ1v) is 8.94. The van der Waals surface area contributed by atoms with E-state index in [0.717, 1.165) is 30.7 Å². The Labute approximate surface area is 138 Å². The molecule has 4 aliphatic rings. The molecule has 1 aliphatic carbocycles. The summed E-state index contributed by atoms with van der Waals surface area (Å²) in [6.45, 7) is 3.44. The number of rotatable bonds is 4. The van der Waals surface area contributed by atoms with Gasteiger partial charge >= 0.3 is 0 Å². The summed E-state index contributed by atoms with van der Waals surface area (Å²) in [6, 6.07) is 4.53. The molecule has 5 rings (SSSR count). The standard InChI is InChI=1S/C19H26N2O2/c1-23-18-6-5-13-3-2-4-15(13)16(18)11-19(22)20-17-12-21-9-7-14(17)8-10-21/h5-6,14,17H,2-4,7-12H2,1H3,(H,20,22). The fourth-order valence-electron chi connectivity index (χ4n) is 4.65. The van der Waals surface area contributed by atoms with Crippen LogP contribution in [-0.4, -0.2) is 43.6 Å². The molecule has 3 saturated heterocycles. The Hall–Kier alpha value is -1.55. The first-order valence-electron chi connectivity index (χ1n) is 8.94. The number of piperidine rings is 3. The van der Waals surface area contributed by atoms with Crippen molar-refractivity contribution in [2.75, 3.05) is 26.7 Å². The first-order chi connectivity index (χ1) is 11.2. The molecule has 2 bridgehead atoms. The molecular weight excluding hydrogens is 288 g/mol. The fraction of sp³-hybridized carbons (Fsp3) is 0.632. The van der Waals surface area contributed by atoms with Crippen LogP contribution in [0.3, 0.4) is 0 Å². The average molecular weight is 314 g/mol. The third-order valence-electron chi connectivity index (χ3n) is 5.92. The quantitative estimate of drug-likeness (QED) is 0.923. The summed E-state index contributed by atoms with van der Waals surface area (Å²) in [7, 11) is 1.70. The predicted molar refractivity (Wildman–Crippen MR) is 89.8 cm³/mol. The van der Waals surface area contributed by atoms with Crippen molar-refractivity contribution in [3.05, 3.63) is 28.8 Å². The largest absolute Gasteiger partial charge is 0.496 e. The number of carbonyl (C=O) groups is 1. The van der Waals surface area contributed by atoms with Gasteiger partial charge in [0.1, 0.15) is 5.75 Å². The number of hydrogen-bond acceptors (Lipinski definition) is 3. The molecule has 3 aliphatic heterocycles. The number of fused-ring (bicyclic) bond motifs is 4. The van der Waals surface area contributed by atoms with E-state index in [-0.39, 0.29) is 5.91 Å². The molecule has 3 heterocycles. The van der Waals surface area contributed by atoms with Crippen molar-refractivity contribution in [3.8, 4) is 5.75 Å². The summed E-state index contributed by atoms with van der Waals surface area (Å²) in [5.41, 5.74) is 3.87. The van der Waals surface area contributed by atoms with Crippen LogP contribution in [0.2, 0.25) is 0 Å². The van der Waals surface area contributed by atoms with Crippen molar-refractivity contribution in [2.24, 2.45) is 5.92 Å². The molecule has 1 N–H and O–H groups in total. The molecule has 1 atom stereocenters. The molecule has 3 fully saturated rings. The molecule has 4 heteroatoms. The van der Waals surface area contributed by atoms with E-state index < -0.39 is 0 Å². The summed E-state index contributed by atoms with van der Waals surface area (Å²) in [6.07, 6.45) is 6.32. The minimum Gasteiger partial charge on any atom is -0.496 e. The van der Waals surface area contributed by atoms with Crippen LogP contribution in [0.5, 0.6) is 5.75 Å². The van der Waals surface area contributed by atoms with Gasteiger partial charge in [0.25, 0.3) is 0 Å². The van der Waals surface area contributed by atoms with E-state index in [0.29, 0.717) is 18.4 Å². The van der Waals surface area contributed by atoms with Gasteiger partial charge in [0, 0.05) is 18.2 Å². The molecule has 0 aromatic heterocycles. The van der Waals surface area contributed by atoms with Crippen molar-refractivity contribution in [3.63, 3.8) is 0 Å². The fourth-order valence-corrected chi connectivity index (χ4v) is 4.65. The highest BCUT2D eigenvalue weighted by molar-refractivity contribution is 5.80. The van der Waals surface area contributed by atoms with E-state index in [1.165, 1.54) is 43.5 Å². The number of nitrogens with one attached hydrogen (secondary N) is 1. The summed E-state index contributed by atoms with van der Waals surface area (Å²) in [4.78, 5) is 15.1. The van der Waals surface area contributed by atoms with E-state index in [2.05, 4.69) is 16.3 Å². The summed E-state index contributed by atoms with van der Waals surface area (Å²) in [5.74, 6) is 1.70. The van der Waals surface area contributed by atoms with Gasteiger partial charge in [-0.15, -0.1) is 0 Å². The van der Waals surface area contributed by atoms with Gasteiger partial charge in [-0.1, -0.05) is 6.07 Å². The zero-order chi connectivity index (χ0) is 15.8. The van der Waals surface area contributed by atoms with Crippen LogP contribution in [0.15, 0.2) is 12.1 Å². The van der Waals surface area contributed by atoms with Gasteiger partial charge in [0.2, 0.25) is 5.91 Å². The second-order valence-electron chi connectivity index (χ2n) is 7.23. The first kappa shape index (κ1) is 15.0. The molecule has 0 saturated carbocycles. The number of carbonyl (C=O) groups excluding carboxylic acids is 1. The van der Waals surface area contributed by atoms with Crippen LogP contribution in [0.1, 0.15) is 36.0 Å². The monoisotopic (exact) mass is 314 g/mol. The van der Waals surface area contributed by atoms with Gasteiger partial charge in [-0.05, 0) is 68.3 Å². The van der Waals surface area contributed by atoms with E-state index in [4.69, 9.17) is 4.74 Å². The third kappa shape index (κ3) is 2.85. The third-order valence-corrected chi connectivity index (χ3v) is 5.92. The smallest absolute Gasteiger partial charge is 0.224 e. The lowest BCUT2D eigenvalue weighted by atomic mass is 9.84. The zero-order valence-electron chi connectivity index (χ0n) is 13.9.